The normalized spacial score (nSPS) is 18.3. The predicted octanol–water partition coefficient (Wildman–Crippen LogP) is 2.99. The number of nitrogens with two attached hydrogens (primary N) is 1. The third-order valence-electron chi connectivity index (χ3n) is 4.41. The Morgan fingerprint density at radius 1 is 1.29 bits per heavy atom. The van der Waals surface area contributed by atoms with Gasteiger partial charge in [0.25, 0.3) is 0 Å². The summed E-state index contributed by atoms with van der Waals surface area (Å²) in [5.74, 6) is 0.232. The standard InChI is InChI=1S/C18H27N3O3/c1-17(2,3)24-16(22)21-11-9-18(10-12-21,15(19)20-23)13-14-7-5-4-6-8-14/h4-8,23H,9-13H2,1-3H3,(H2,19,20). The van der Waals surface area contributed by atoms with Crippen LogP contribution in [0.25, 0.3) is 0 Å². The minimum absolute atomic E-state index is 0.232. The van der Waals surface area contributed by atoms with Crippen molar-refractivity contribution in [2.75, 3.05) is 13.1 Å². The number of hydrogen-bond acceptors (Lipinski definition) is 4. The first-order valence-corrected chi connectivity index (χ1v) is 8.26. The lowest BCUT2D eigenvalue weighted by molar-refractivity contribution is 0.0154. The van der Waals surface area contributed by atoms with Crippen molar-refractivity contribution >= 4 is 11.9 Å². The van der Waals surface area contributed by atoms with E-state index in [0.717, 1.165) is 5.56 Å². The van der Waals surface area contributed by atoms with Crippen molar-refractivity contribution in [2.45, 2.75) is 45.6 Å². The maximum Gasteiger partial charge on any atom is 0.410 e. The topological polar surface area (TPSA) is 88.2 Å². The summed E-state index contributed by atoms with van der Waals surface area (Å²) in [5.41, 5.74) is 6.20. The lowest BCUT2D eigenvalue weighted by Crippen LogP contribution is -2.50. The van der Waals surface area contributed by atoms with Crippen LogP contribution in [-0.4, -0.2) is 40.7 Å². The molecule has 3 N–H and O–H groups in total. The Balaban J connectivity index is 2.09. The van der Waals surface area contributed by atoms with Crippen LogP contribution in [0.4, 0.5) is 4.79 Å². The van der Waals surface area contributed by atoms with Crippen molar-refractivity contribution in [3.63, 3.8) is 0 Å². The van der Waals surface area contributed by atoms with Crippen LogP contribution in [0.15, 0.2) is 35.5 Å². The summed E-state index contributed by atoms with van der Waals surface area (Å²) in [4.78, 5) is 13.9. The number of amidine groups is 1. The molecule has 1 fully saturated rings. The van der Waals surface area contributed by atoms with Gasteiger partial charge in [-0.2, -0.15) is 0 Å². The molecule has 1 amide bonds. The zero-order chi connectivity index (χ0) is 17.8. The van der Waals surface area contributed by atoms with E-state index in [1.165, 1.54) is 0 Å². The van der Waals surface area contributed by atoms with Crippen LogP contribution in [0.2, 0.25) is 0 Å². The molecule has 0 aromatic heterocycles. The van der Waals surface area contributed by atoms with Gasteiger partial charge in [-0.15, -0.1) is 0 Å². The maximum atomic E-state index is 12.2. The highest BCUT2D eigenvalue weighted by Gasteiger charge is 2.40. The molecule has 0 atom stereocenters. The van der Waals surface area contributed by atoms with Gasteiger partial charge in [0.2, 0.25) is 0 Å². The molecular weight excluding hydrogens is 306 g/mol. The van der Waals surface area contributed by atoms with Gasteiger partial charge in [0.05, 0.1) is 0 Å². The number of oxime groups is 1. The second kappa shape index (κ2) is 7.11. The van der Waals surface area contributed by atoms with Crippen LogP contribution < -0.4 is 5.73 Å². The van der Waals surface area contributed by atoms with E-state index < -0.39 is 11.0 Å². The van der Waals surface area contributed by atoms with Crippen LogP contribution in [0, 0.1) is 5.41 Å². The van der Waals surface area contributed by atoms with Crippen molar-refractivity contribution < 1.29 is 14.7 Å². The van der Waals surface area contributed by atoms with Crippen molar-refractivity contribution in [1.29, 1.82) is 0 Å². The van der Waals surface area contributed by atoms with E-state index in [9.17, 15) is 10.0 Å². The first kappa shape index (κ1) is 18.1. The van der Waals surface area contributed by atoms with Crippen LogP contribution in [0.1, 0.15) is 39.2 Å². The van der Waals surface area contributed by atoms with Gasteiger partial charge in [-0.25, -0.2) is 4.79 Å². The summed E-state index contributed by atoms with van der Waals surface area (Å²) in [6, 6.07) is 9.99. The van der Waals surface area contributed by atoms with Gasteiger partial charge in [0, 0.05) is 18.5 Å². The molecule has 6 nitrogen and oxygen atoms in total. The van der Waals surface area contributed by atoms with E-state index in [1.54, 1.807) is 4.90 Å². The Hall–Kier alpha value is -2.24. The molecule has 0 bridgehead atoms. The first-order chi connectivity index (χ1) is 11.3. The number of rotatable bonds is 3. The molecule has 132 valence electrons. The lowest BCUT2D eigenvalue weighted by atomic mass is 9.73. The monoisotopic (exact) mass is 333 g/mol. The van der Waals surface area contributed by atoms with E-state index >= 15 is 0 Å². The van der Waals surface area contributed by atoms with E-state index in [0.29, 0.717) is 32.4 Å². The quantitative estimate of drug-likeness (QED) is 0.385. The number of amides is 1. The number of ether oxygens (including phenoxy) is 1. The van der Waals surface area contributed by atoms with Crippen LogP contribution in [0.5, 0.6) is 0 Å². The van der Waals surface area contributed by atoms with Gasteiger partial charge in [-0.05, 0) is 45.6 Å². The molecule has 0 saturated carbocycles. The highest BCUT2D eigenvalue weighted by molar-refractivity contribution is 5.86. The molecule has 6 heteroatoms. The summed E-state index contributed by atoms with van der Waals surface area (Å²) in [7, 11) is 0. The Labute approximate surface area is 143 Å². The number of piperidine rings is 1. The average molecular weight is 333 g/mol. The molecule has 1 aromatic carbocycles. The van der Waals surface area contributed by atoms with E-state index in [1.807, 2.05) is 51.1 Å². The fourth-order valence-electron chi connectivity index (χ4n) is 3.06. The molecule has 1 saturated heterocycles. The molecule has 0 spiro atoms. The third-order valence-corrected chi connectivity index (χ3v) is 4.41. The van der Waals surface area contributed by atoms with Crippen LogP contribution in [-0.2, 0) is 11.2 Å². The van der Waals surface area contributed by atoms with E-state index in [4.69, 9.17) is 10.5 Å². The second-order valence-electron chi connectivity index (χ2n) is 7.40. The molecule has 1 aromatic rings. The number of likely N-dealkylation sites (tertiary alicyclic amines) is 1. The number of carbonyl (C=O) groups excluding carboxylic acids is 1. The Morgan fingerprint density at radius 2 is 1.88 bits per heavy atom. The largest absolute Gasteiger partial charge is 0.444 e. The number of hydrogen-bond donors (Lipinski definition) is 2. The number of nitrogens with zero attached hydrogens (tertiary/aromatic N) is 2. The molecule has 1 aliphatic rings. The van der Waals surface area contributed by atoms with Crippen molar-refractivity contribution in [1.82, 2.24) is 4.90 Å². The molecule has 24 heavy (non-hydrogen) atoms. The van der Waals surface area contributed by atoms with Gasteiger partial charge in [-0.1, -0.05) is 35.5 Å². The second-order valence-corrected chi connectivity index (χ2v) is 7.40. The van der Waals surface area contributed by atoms with Gasteiger partial charge >= 0.3 is 6.09 Å². The number of benzene rings is 1. The van der Waals surface area contributed by atoms with Crippen molar-refractivity contribution in [3.05, 3.63) is 35.9 Å². The highest BCUT2D eigenvalue weighted by Crippen LogP contribution is 2.36. The summed E-state index contributed by atoms with van der Waals surface area (Å²) in [5, 5.41) is 12.5. The molecule has 1 aliphatic heterocycles. The van der Waals surface area contributed by atoms with Gasteiger partial charge in [0.1, 0.15) is 11.4 Å². The molecule has 2 rings (SSSR count). The SMILES string of the molecule is CC(C)(C)OC(=O)N1CCC(Cc2ccccc2)(C(N)=NO)CC1. The zero-order valence-corrected chi connectivity index (χ0v) is 14.7. The summed E-state index contributed by atoms with van der Waals surface area (Å²) in [6.45, 7) is 6.61. The fraction of sp³-hybridized carbons (Fsp3) is 0.556. The number of carbonyl (C=O) groups is 1. The molecular formula is C18H27N3O3. The molecule has 0 radical (unpaired) electrons. The Kier molecular flexibility index (Phi) is 5.36. The van der Waals surface area contributed by atoms with Gasteiger partial charge < -0.3 is 20.6 Å². The van der Waals surface area contributed by atoms with Gasteiger partial charge in [-0.3, -0.25) is 0 Å². The minimum Gasteiger partial charge on any atom is -0.444 e. The first-order valence-electron chi connectivity index (χ1n) is 8.26. The third kappa shape index (κ3) is 4.40. The minimum atomic E-state index is -0.513. The Morgan fingerprint density at radius 3 is 2.38 bits per heavy atom. The average Bonchev–Trinajstić information content (AvgIpc) is 2.54. The highest BCUT2D eigenvalue weighted by atomic mass is 16.6. The lowest BCUT2D eigenvalue weighted by Gasteiger charge is -2.41. The zero-order valence-electron chi connectivity index (χ0n) is 14.7. The van der Waals surface area contributed by atoms with Crippen molar-refractivity contribution in [2.24, 2.45) is 16.3 Å². The van der Waals surface area contributed by atoms with Crippen molar-refractivity contribution in [3.8, 4) is 0 Å². The molecule has 1 heterocycles. The van der Waals surface area contributed by atoms with E-state index in [-0.39, 0.29) is 11.9 Å². The Bertz CT molecular complexity index is 585. The van der Waals surface area contributed by atoms with Crippen LogP contribution in [0.3, 0.4) is 0 Å². The van der Waals surface area contributed by atoms with E-state index in [2.05, 4.69) is 5.16 Å². The summed E-state index contributed by atoms with van der Waals surface area (Å²) in [6.07, 6.45) is 1.65. The predicted molar refractivity (Wildman–Crippen MR) is 93.0 cm³/mol. The van der Waals surface area contributed by atoms with Crippen LogP contribution >= 0.6 is 0 Å². The van der Waals surface area contributed by atoms with Gasteiger partial charge in [0.15, 0.2) is 0 Å². The molecule has 0 aliphatic carbocycles. The summed E-state index contributed by atoms with van der Waals surface area (Å²) >= 11 is 0. The summed E-state index contributed by atoms with van der Waals surface area (Å²) < 4.78 is 5.43. The molecule has 0 unspecified atom stereocenters. The fourth-order valence-corrected chi connectivity index (χ4v) is 3.06. The smallest absolute Gasteiger partial charge is 0.410 e. The maximum absolute atomic E-state index is 12.2.